The Morgan fingerprint density at radius 3 is 1.63 bits per heavy atom. The van der Waals surface area contributed by atoms with Crippen LogP contribution in [0.5, 0.6) is 0 Å². The molecule has 3 N–H and O–H groups in total. The second-order valence-corrected chi connectivity index (χ2v) is 9.02. The van der Waals surface area contributed by atoms with Gasteiger partial charge in [-0.3, -0.25) is 14.1 Å². The lowest BCUT2D eigenvalue weighted by atomic mass is 9.80. The van der Waals surface area contributed by atoms with Gasteiger partial charge in [-0.25, -0.2) is 0 Å². The lowest BCUT2D eigenvalue weighted by Crippen LogP contribution is -2.53. The van der Waals surface area contributed by atoms with Crippen molar-refractivity contribution in [2.75, 3.05) is 0 Å². The first-order valence-corrected chi connectivity index (χ1v) is 11.5. The van der Waals surface area contributed by atoms with Crippen LogP contribution in [0, 0.1) is 5.92 Å². The van der Waals surface area contributed by atoms with Crippen LogP contribution in [0.25, 0.3) is 0 Å². The average Bonchev–Trinajstić information content (AvgIpc) is 2.56. The highest BCUT2D eigenvalue weighted by Crippen LogP contribution is 2.38. The number of hydrogen-bond donors (Lipinski definition) is 3. The molecule has 0 heterocycles. The number of carboxylic acids is 2. The molecule has 0 spiro atoms. The van der Waals surface area contributed by atoms with Crippen LogP contribution in [0.4, 0.5) is 0 Å². The van der Waals surface area contributed by atoms with Crippen molar-refractivity contribution in [3.05, 3.63) is 0 Å². The molecule has 0 fully saturated rings. The monoisotopic (exact) mass is 408 g/mol. The first kappa shape index (κ1) is 25.9. The first-order valence-electron chi connectivity index (χ1n) is 10.1. The molecular weight excluding hydrogens is 372 g/mol. The maximum absolute atomic E-state index is 12.0. The number of carbonyl (C=O) groups is 2. The molecule has 0 aliphatic rings. The van der Waals surface area contributed by atoms with Gasteiger partial charge in [-0.1, -0.05) is 78.1 Å². The maximum atomic E-state index is 12.0. The molecule has 2 unspecified atom stereocenters. The van der Waals surface area contributed by atoms with E-state index in [0.717, 1.165) is 44.9 Å². The third-order valence-electron chi connectivity index (χ3n) is 5.21. The average molecular weight is 409 g/mol. The Morgan fingerprint density at radius 2 is 1.22 bits per heavy atom. The van der Waals surface area contributed by atoms with Crippen molar-refractivity contribution in [2.45, 2.75) is 102 Å². The van der Waals surface area contributed by atoms with Gasteiger partial charge in [0.15, 0.2) is 0 Å². The van der Waals surface area contributed by atoms with Crippen LogP contribution in [0.15, 0.2) is 0 Å². The van der Waals surface area contributed by atoms with Gasteiger partial charge in [0.25, 0.3) is 10.1 Å². The topological polar surface area (TPSA) is 129 Å². The molecule has 0 aromatic rings. The minimum atomic E-state index is -5.09. The van der Waals surface area contributed by atoms with Crippen molar-refractivity contribution in [1.82, 2.24) is 0 Å². The molecule has 0 amide bonds. The van der Waals surface area contributed by atoms with Gasteiger partial charge >= 0.3 is 11.9 Å². The molecule has 0 aliphatic heterocycles. The van der Waals surface area contributed by atoms with Crippen LogP contribution in [0.2, 0.25) is 0 Å². The van der Waals surface area contributed by atoms with Crippen molar-refractivity contribution in [1.29, 1.82) is 0 Å². The SMILES string of the molecule is CCCCCCCCCC(CCCCC)C(CC(=O)O)(C(=O)O)S(=O)(=O)O. The number of unbranched alkanes of at least 4 members (excludes halogenated alkanes) is 8. The minimum Gasteiger partial charge on any atom is -0.481 e. The van der Waals surface area contributed by atoms with Crippen molar-refractivity contribution >= 4 is 22.1 Å². The van der Waals surface area contributed by atoms with Crippen LogP contribution < -0.4 is 0 Å². The normalized spacial score (nSPS) is 15.2. The fourth-order valence-corrected chi connectivity index (χ4v) is 4.81. The summed E-state index contributed by atoms with van der Waals surface area (Å²) in [4.78, 5) is 23.1. The Balaban J connectivity index is 5.31. The van der Waals surface area contributed by atoms with Gasteiger partial charge < -0.3 is 10.2 Å². The number of carboxylic acid groups (broad SMARTS) is 2. The molecule has 0 aromatic heterocycles. The van der Waals surface area contributed by atoms with E-state index in [-0.39, 0.29) is 12.8 Å². The van der Waals surface area contributed by atoms with Crippen molar-refractivity contribution in [2.24, 2.45) is 5.92 Å². The van der Waals surface area contributed by atoms with Crippen LogP contribution in [0.3, 0.4) is 0 Å². The minimum absolute atomic E-state index is 0.267. The lowest BCUT2D eigenvalue weighted by Gasteiger charge is -2.33. The highest BCUT2D eigenvalue weighted by molar-refractivity contribution is 7.88. The first-order chi connectivity index (χ1) is 12.6. The summed E-state index contributed by atoms with van der Waals surface area (Å²) < 4.78 is 31.1. The predicted molar refractivity (Wildman–Crippen MR) is 104 cm³/mol. The van der Waals surface area contributed by atoms with Gasteiger partial charge in [-0.2, -0.15) is 8.42 Å². The van der Waals surface area contributed by atoms with Gasteiger partial charge in [0.1, 0.15) is 0 Å². The largest absolute Gasteiger partial charge is 0.481 e. The van der Waals surface area contributed by atoms with Gasteiger partial charge in [0.2, 0.25) is 4.75 Å². The molecule has 0 saturated carbocycles. The summed E-state index contributed by atoms with van der Waals surface area (Å²) in [5.41, 5.74) is 0. The third kappa shape index (κ3) is 8.60. The second-order valence-electron chi connectivity index (χ2n) is 7.34. The summed E-state index contributed by atoms with van der Waals surface area (Å²) in [6, 6.07) is 0. The molecule has 0 saturated heterocycles. The zero-order valence-corrected chi connectivity index (χ0v) is 17.5. The lowest BCUT2D eigenvalue weighted by molar-refractivity contribution is -0.148. The van der Waals surface area contributed by atoms with Gasteiger partial charge in [0, 0.05) is 0 Å². The van der Waals surface area contributed by atoms with E-state index in [1.54, 1.807) is 0 Å². The molecule has 7 nitrogen and oxygen atoms in total. The van der Waals surface area contributed by atoms with Crippen LogP contribution in [0.1, 0.15) is 97.3 Å². The molecule has 27 heavy (non-hydrogen) atoms. The number of hydrogen-bond acceptors (Lipinski definition) is 4. The molecular formula is C19H36O7S. The van der Waals surface area contributed by atoms with E-state index in [4.69, 9.17) is 5.11 Å². The van der Waals surface area contributed by atoms with E-state index < -0.39 is 39.1 Å². The van der Waals surface area contributed by atoms with Crippen molar-refractivity contribution in [3.8, 4) is 0 Å². The van der Waals surface area contributed by atoms with E-state index >= 15 is 0 Å². The van der Waals surface area contributed by atoms with Gasteiger partial charge in [0.05, 0.1) is 6.42 Å². The zero-order chi connectivity index (χ0) is 20.9. The predicted octanol–water partition coefficient (Wildman–Crippen LogP) is 4.51. The summed E-state index contributed by atoms with van der Waals surface area (Å²) >= 11 is 0. The van der Waals surface area contributed by atoms with E-state index in [9.17, 15) is 27.7 Å². The molecule has 2 atom stereocenters. The molecule has 0 bridgehead atoms. The summed E-state index contributed by atoms with van der Waals surface area (Å²) in [5, 5.41) is 18.8. The summed E-state index contributed by atoms with van der Waals surface area (Å²) in [5.74, 6) is -4.25. The van der Waals surface area contributed by atoms with Crippen molar-refractivity contribution in [3.63, 3.8) is 0 Å². The summed E-state index contributed by atoms with van der Waals surface area (Å²) in [6.07, 6.45) is 8.63. The molecule has 0 aliphatic carbocycles. The quantitative estimate of drug-likeness (QED) is 0.238. The summed E-state index contributed by atoms with van der Waals surface area (Å²) in [7, 11) is -5.09. The summed E-state index contributed by atoms with van der Waals surface area (Å²) in [6.45, 7) is 4.10. The van der Waals surface area contributed by atoms with E-state index in [2.05, 4.69) is 6.92 Å². The Bertz CT molecular complexity index is 544. The van der Waals surface area contributed by atoms with Crippen molar-refractivity contribution < 1.29 is 32.8 Å². The highest BCUT2D eigenvalue weighted by atomic mass is 32.2. The van der Waals surface area contributed by atoms with Crippen LogP contribution in [-0.2, 0) is 19.7 Å². The standard InChI is InChI=1S/C19H36O7S/c1-3-5-7-8-9-10-12-14-16(13-11-6-4-2)19(18(22)23,15-17(20)21)27(24,25)26/h16H,3-15H2,1-2H3,(H,20,21)(H,22,23)(H,24,25,26). The van der Waals surface area contributed by atoms with E-state index in [1.807, 2.05) is 6.92 Å². The molecule has 0 rings (SSSR count). The fourth-order valence-electron chi connectivity index (χ4n) is 3.63. The van der Waals surface area contributed by atoms with E-state index in [1.165, 1.54) is 6.42 Å². The second kappa shape index (κ2) is 13.1. The van der Waals surface area contributed by atoms with Gasteiger partial charge in [-0.05, 0) is 18.8 Å². The number of aliphatic carboxylic acids is 2. The van der Waals surface area contributed by atoms with Crippen LogP contribution in [-0.4, -0.2) is 39.9 Å². The Kier molecular flexibility index (Phi) is 12.5. The molecule has 0 radical (unpaired) electrons. The zero-order valence-electron chi connectivity index (χ0n) is 16.7. The molecule has 0 aromatic carbocycles. The Hall–Kier alpha value is -1.15. The fraction of sp³-hybridized carbons (Fsp3) is 0.895. The third-order valence-corrected chi connectivity index (χ3v) is 6.78. The Morgan fingerprint density at radius 1 is 0.815 bits per heavy atom. The number of rotatable bonds is 17. The Labute approximate surface area is 163 Å². The highest BCUT2D eigenvalue weighted by Gasteiger charge is 2.57. The van der Waals surface area contributed by atoms with Gasteiger partial charge in [-0.15, -0.1) is 0 Å². The molecule has 160 valence electrons. The maximum Gasteiger partial charge on any atom is 0.328 e. The van der Waals surface area contributed by atoms with Crippen LogP contribution >= 0.6 is 0 Å². The van der Waals surface area contributed by atoms with E-state index in [0.29, 0.717) is 12.8 Å². The smallest absolute Gasteiger partial charge is 0.328 e. The molecule has 8 heteroatoms.